The van der Waals surface area contributed by atoms with Gasteiger partial charge in [0.25, 0.3) is 0 Å². The number of hydrogen-bond donors (Lipinski definition) is 2. The predicted molar refractivity (Wildman–Crippen MR) is 110 cm³/mol. The van der Waals surface area contributed by atoms with Crippen molar-refractivity contribution in [1.82, 2.24) is 15.2 Å². The second kappa shape index (κ2) is 8.33. The maximum atomic E-state index is 12.8. The number of hydrogen-bond acceptors (Lipinski definition) is 4. The van der Waals surface area contributed by atoms with E-state index in [1.165, 1.54) is 6.92 Å². The van der Waals surface area contributed by atoms with Gasteiger partial charge in [0.05, 0.1) is 18.7 Å². The summed E-state index contributed by atoms with van der Waals surface area (Å²) in [5, 5.41) is 12.9. The van der Waals surface area contributed by atoms with E-state index >= 15 is 0 Å². The van der Waals surface area contributed by atoms with Crippen molar-refractivity contribution in [2.24, 2.45) is 5.92 Å². The Hall–Kier alpha value is -2.73. The first-order chi connectivity index (χ1) is 14.1. The topological polar surface area (TPSA) is 82.5 Å². The van der Waals surface area contributed by atoms with Gasteiger partial charge in [-0.1, -0.05) is 30.3 Å². The van der Waals surface area contributed by atoms with Gasteiger partial charge in [-0.2, -0.15) is 0 Å². The van der Waals surface area contributed by atoms with E-state index in [1.54, 1.807) is 11.1 Å². The highest BCUT2D eigenvalue weighted by atomic mass is 16.3. The van der Waals surface area contributed by atoms with Gasteiger partial charge in [-0.25, -0.2) is 0 Å². The molecule has 2 fully saturated rings. The molecule has 29 heavy (non-hydrogen) atoms. The minimum Gasteiger partial charge on any atom is -0.394 e. The Morgan fingerprint density at radius 3 is 2.48 bits per heavy atom. The molecule has 1 aromatic carbocycles. The lowest BCUT2D eigenvalue weighted by molar-refractivity contribution is -0.151. The summed E-state index contributed by atoms with van der Waals surface area (Å²) in [5.41, 5.74) is 3.19. The largest absolute Gasteiger partial charge is 0.394 e. The number of nitrogens with one attached hydrogen (secondary N) is 1. The first kappa shape index (κ1) is 19.6. The number of carbonyl (C=O) groups is 2. The molecule has 0 radical (unpaired) electrons. The van der Waals surface area contributed by atoms with Gasteiger partial charge in [0.15, 0.2) is 0 Å². The summed E-state index contributed by atoms with van der Waals surface area (Å²) in [6.45, 7) is 1.80. The lowest BCUT2D eigenvalue weighted by atomic mass is 9.74. The number of rotatable bonds is 7. The van der Waals surface area contributed by atoms with Crippen LogP contribution in [0, 0.1) is 5.92 Å². The van der Waals surface area contributed by atoms with Crippen LogP contribution in [0.2, 0.25) is 0 Å². The van der Waals surface area contributed by atoms with Crippen molar-refractivity contribution >= 4 is 11.8 Å². The number of pyridine rings is 1. The van der Waals surface area contributed by atoms with E-state index in [2.05, 4.69) is 22.4 Å². The van der Waals surface area contributed by atoms with Crippen molar-refractivity contribution in [2.45, 2.75) is 44.2 Å². The van der Waals surface area contributed by atoms with Crippen LogP contribution in [0.4, 0.5) is 0 Å². The van der Waals surface area contributed by atoms with Crippen molar-refractivity contribution in [1.29, 1.82) is 0 Å². The van der Waals surface area contributed by atoms with Gasteiger partial charge in [-0.15, -0.1) is 0 Å². The number of nitrogens with zero attached hydrogens (tertiary/aromatic N) is 2. The third-order valence-electron chi connectivity index (χ3n) is 6.03. The van der Waals surface area contributed by atoms with Gasteiger partial charge in [0, 0.05) is 38.2 Å². The number of carbonyl (C=O) groups excluding carboxylic acids is 2. The fourth-order valence-corrected chi connectivity index (χ4v) is 4.34. The average molecular weight is 393 g/mol. The summed E-state index contributed by atoms with van der Waals surface area (Å²) in [6.07, 6.45) is 6.34. The van der Waals surface area contributed by atoms with Gasteiger partial charge in [0.1, 0.15) is 0 Å². The Bertz CT molecular complexity index is 865. The molecule has 1 aliphatic carbocycles. The second-order valence-corrected chi connectivity index (χ2v) is 8.09. The third-order valence-corrected chi connectivity index (χ3v) is 6.03. The van der Waals surface area contributed by atoms with E-state index in [-0.39, 0.29) is 36.4 Å². The Labute approximate surface area is 171 Å². The summed E-state index contributed by atoms with van der Waals surface area (Å²) >= 11 is 0. The van der Waals surface area contributed by atoms with E-state index in [1.807, 2.05) is 30.5 Å². The molecule has 2 aromatic rings. The van der Waals surface area contributed by atoms with Crippen LogP contribution in [-0.4, -0.2) is 52.0 Å². The molecule has 0 spiro atoms. The summed E-state index contributed by atoms with van der Waals surface area (Å²) < 4.78 is 0. The Kier molecular flexibility index (Phi) is 5.62. The van der Waals surface area contributed by atoms with Crippen LogP contribution in [0.15, 0.2) is 48.8 Å². The Balaban J connectivity index is 1.56. The SMILES string of the molecule is CC(=O)NC[C@@H]1[C@@H](c2ccc(-c3cccnc3)cc2)[C@@H](CO)N1C(=O)CC1CC1. The van der Waals surface area contributed by atoms with Crippen LogP contribution in [0.25, 0.3) is 11.1 Å². The maximum absolute atomic E-state index is 12.8. The fourth-order valence-electron chi connectivity index (χ4n) is 4.34. The highest BCUT2D eigenvalue weighted by Gasteiger charge is 2.51. The number of aromatic nitrogens is 1. The zero-order chi connectivity index (χ0) is 20.4. The van der Waals surface area contributed by atoms with E-state index in [0.29, 0.717) is 18.9 Å². The average Bonchev–Trinajstić information content (AvgIpc) is 3.52. The second-order valence-electron chi connectivity index (χ2n) is 8.09. The van der Waals surface area contributed by atoms with Gasteiger partial charge in [-0.05, 0) is 41.5 Å². The summed E-state index contributed by atoms with van der Waals surface area (Å²) in [4.78, 5) is 30.3. The molecule has 1 aliphatic heterocycles. The summed E-state index contributed by atoms with van der Waals surface area (Å²) in [6, 6.07) is 11.7. The van der Waals surface area contributed by atoms with Gasteiger partial charge in [0.2, 0.25) is 11.8 Å². The number of likely N-dealkylation sites (tertiary alicyclic amines) is 1. The molecule has 6 nitrogen and oxygen atoms in total. The zero-order valence-electron chi connectivity index (χ0n) is 16.6. The van der Waals surface area contributed by atoms with E-state index < -0.39 is 0 Å². The molecule has 2 aliphatic rings. The van der Waals surface area contributed by atoms with Crippen LogP contribution >= 0.6 is 0 Å². The van der Waals surface area contributed by atoms with Crippen LogP contribution in [0.3, 0.4) is 0 Å². The first-order valence-corrected chi connectivity index (χ1v) is 10.2. The van der Waals surface area contributed by atoms with Crippen molar-refractivity contribution in [3.63, 3.8) is 0 Å². The maximum Gasteiger partial charge on any atom is 0.223 e. The molecular weight excluding hydrogens is 366 g/mol. The van der Waals surface area contributed by atoms with Gasteiger partial charge < -0.3 is 15.3 Å². The number of aliphatic hydroxyl groups is 1. The number of benzene rings is 1. The Morgan fingerprint density at radius 2 is 1.90 bits per heavy atom. The molecule has 2 N–H and O–H groups in total. The molecule has 2 heterocycles. The fraction of sp³-hybridized carbons (Fsp3) is 0.435. The molecule has 0 bridgehead atoms. The van der Waals surface area contributed by atoms with Crippen molar-refractivity contribution in [2.75, 3.05) is 13.2 Å². The van der Waals surface area contributed by atoms with Crippen molar-refractivity contribution in [3.8, 4) is 11.1 Å². The lowest BCUT2D eigenvalue weighted by Crippen LogP contribution is -2.68. The van der Waals surface area contributed by atoms with Crippen LogP contribution in [0.1, 0.15) is 37.7 Å². The molecule has 1 saturated heterocycles. The normalized spacial score (nSPS) is 23.4. The lowest BCUT2D eigenvalue weighted by Gasteiger charge is -2.55. The van der Waals surface area contributed by atoms with E-state index in [0.717, 1.165) is 29.5 Å². The molecule has 4 rings (SSSR count). The van der Waals surface area contributed by atoms with Crippen LogP contribution < -0.4 is 5.32 Å². The minimum atomic E-state index is -0.246. The predicted octanol–water partition coefficient (Wildman–Crippen LogP) is 2.34. The third kappa shape index (κ3) is 4.17. The van der Waals surface area contributed by atoms with E-state index in [9.17, 15) is 14.7 Å². The monoisotopic (exact) mass is 393 g/mol. The van der Waals surface area contributed by atoms with Crippen LogP contribution in [0.5, 0.6) is 0 Å². The van der Waals surface area contributed by atoms with Crippen molar-refractivity contribution < 1.29 is 14.7 Å². The first-order valence-electron chi connectivity index (χ1n) is 10.2. The van der Waals surface area contributed by atoms with Gasteiger partial charge >= 0.3 is 0 Å². The van der Waals surface area contributed by atoms with E-state index in [4.69, 9.17) is 0 Å². The Morgan fingerprint density at radius 1 is 1.14 bits per heavy atom. The molecule has 3 atom stereocenters. The molecule has 2 amide bonds. The summed E-state index contributed by atoms with van der Waals surface area (Å²) in [5.74, 6) is 0.460. The number of amides is 2. The van der Waals surface area contributed by atoms with Crippen LogP contribution in [-0.2, 0) is 9.59 Å². The smallest absolute Gasteiger partial charge is 0.223 e. The molecule has 6 heteroatoms. The van der Waals surface area contributed by atoms with Gasteiger partial charge in [-0.3, -0.25) is 14.6 Å². The minimum absolute atomic E-state index is 0.00190. The molecule has 0 unspecified atom stereocenters. The molecular formula is C23H27N3O3. The van der Waals surface area contributed by atoms with Crippen molar-refractivity contribution in [3.05, 3.63) is 54.4 Å². The molecule has 152 valence electrons. The summed E-state index contributed by atoms with van der Waals surface area (Å²) in [7, 11) is 0. The highest BCUT2D eigenvalue weighted by molar-refractivity contribution is 5.79. The quantitative estimate of drug-likeness (QED) is 0.756. The zero-order valence-corrected chi connectivity index (χ0v) is 16.6. The number of aliphatic hydroxyl groups excluding tert-OH is 1. The standard InChI is InChI=1S/C23H27N3O3/c1-15(28)25-13-20-23(21(14-27)26(20)22(29)11-16-4-5-16)18-8-6-17(7-9-18)19-3-2-10-24-12-19/h2-3,6-10,12,16,20-21,23,27H,4-5,11,13-14H2,1H3,(H,25,28)/t20-,21-,23-/m1/s1. The highest BCUT2D eigenvalue weighted by Crippen LogP contribution is 2.43. The molecule has 1 saturated carbocycles. The molecule has 1 aromatic heterocycles.